The van der Waals surface area contributed by atoms with Gasteiger partial charge in [-0.2, -0.15) is 0 Å². The lowest BCUT2D eigenvalue weighted by Crippen LogP contribution is -2.30. The Kier molecular flexibility index (Phi) is 3.12. The second kappa shape index (κ2) is 4.81. The van der Waals surface area contributed by atoms with Crippen LogP contribution >= 0.6 is 0 Å². The summed E-state index contributed by atoms with van der Waals surface area (Å²) in [4.78, 5) is 24.8. The molecule has 5 nitrogen and oxygen atoms in total. The number of nitrogens with zero attached hydrogens (tertiary/aromatic N) is 1. The third-order valence-electron chi connectivity index (χ3n) is 4.30. The van der Waals surface area contributed by atoms with Gasteiger partial charge in [-0.05, 0) is 18.4 Å². The van der Waals surface area contributed by atoms with Gasteiger partial charge in [-0.3, -0.25) is 4.79 Å². The third-order valence-corrected chi connectivity index (χ3v) is 4.30. The van der Waals surface area contributed by atoms with Crippen molar-refractivity contribution in [2.24, 2.45) is 11.3 Å². The molecule has 1 N–H and O–H groups in total. The number of carbonyl (C=O) groups excluding carboxylic acids is 1. The lowest BCUT2D eigenvalue weighted by atomic mass is 9.93. The average Bonchev–Trinajstić information content (AvgIpc) is 3.09. The van der Waals surface area contributed by atoms with Gasteiger partial charge in [0.2, 0.25) is 0 Å². The van der Waals surface area contributed by atoms with Crippen LogP contribution in [0.3, 0.4) is 0 Å². The summed E-state index contributed by atoms with van der Waals surface area (Å²) in [5.74, 6) is -1.24. The second-order valence-corrected chi connectivity index (χ2v) is 5.67. The van der Waals surface area contributed by atoms with E-state index in [-0.39, 0.29) is 18.6 Å². The maximum Gasteiger partial charge on any atom is 0.410 e. The van der Waals surface area contributed by atoms with Crippen LogP contribution in [0.15, 0.2) is 30.3 Å². The molecule has 1 heterocycles. The highest BCUT2D eigenvalue weighted by atomic mass is 16.6. The summed E-state index contributed by atoms with van der Waals surface area (Å²) < 4.78 is 5.26. The zero-order chi connectivity index (χ0) is 14.2. The fraction of sp³-hybridized carbons (Fsp3) is 0.467. The molecule has 0 unspecified atom stereocenters. The summed E-state index contributed by atoms with van der Waals surface area (Å²) >= 11 is 0. The highest BCUT2D eigenvalue weighted by Crippen LogP contribution is 2.56. The SMILES string of the molecule is O=C(O)[C@H]1CN(C(=O)OCc2ccccc2)CC12CC2. The van der Waals surface area contributed by atoms with E-state index in [2.05, 4.69) is 0 Å². The number of aliphatic carboxylic acids is 1. The van der Waals surface area contributed by atoms with Gasteiger partial charge in [0.05, 0.1) is 5.92 Å². The van der Waals surface area contributed by atoms with Crippen molar-refractivity contribution in [1.29, 1.82) is 0 Å². The number of carbonyl (C=O) groups is 2. The van der Waals surface area contributed by atoms with E-state index in [1.807, 2.05) is 30.3 Å². The van der Waals surface area contributed by atoms with Gasteiger partial charge >= 0.3 is 12.1 Å². The average molecular weight is 275 g/mol. The van der Waals surface area contributed by atoms with E-state index in [1.54, 1.807) is 0 Å². The van der Waals surface area contributed by atoms with Crippen LogP contribution in [-0.4, -0.2) is 35.2 Å². The maximum absolute atomic E-state index is 12.0. The van der Waals surface area contributed by atoms with E-state index in [0.717, 1.165) is 18.4 Å². The summed E-state index contributed by atoms with van der Waals surface area (Å²) in [5, 5.41) is 9.22. The van der Waals surface area contributed by atoms with E-state index < -0.39 is 18.0 Å². The topological polar surface area (TPSA) is 66.8 Å². The molecule has 1 saturated carbocycles. The van der Waals surface area contributed by atoms with Gasteiger partial charge in [0.25, 0.3) is 0 Å². The normalized spacial score (nSPS) is 22.8. The lowest BCUT2D eigenvalue weighted by molar-refractivity contribution is -0.142. The number of likely N-dealkylation sites (tertiary alicyclic amines) is 1. The van der Waals surface area contributed by atoms with Crippen molar-refractivity contribution in [2.75, 3.05) is 13.1 Å². The first-order chi connectivity index (χ1) is 9.61. The smallest absolute Gasteiger partial charge is 0.410 e. The second-order valence-electron chi connectivity index (χ2n) is 5.67. The monoisotopic (exact) mass is 275 g/mol. The van der Waals surface area contributed by atoms with E-state index in [4.69, 9.17) is 4.74 Å². The van der Waals surface area contributed by atoms with Crippen LogP contribution in [0.1, 0.15) is 18.4 Å². The van der Waals surface area contributed by atoms with Gasteiger partial charge in [-0.25, -0.2) is 4.79 Å². The standard InChI is InChI=1S/C15H17NO4/c17-13(18)12-8-16(10-15(12)6-7-15)14(19)20-9-11-4-2-1-3-5-11/h1-5,12H,6-10H2,(H,17,18)/t12-/m1/s1. The van der Waals surface area contributed by atoms with Gasteiger partial charge < -0.3 is 14.7 Å². The number of carboxylic acid groups (broad SMARTS) is 1. The Balaban J connectivity index is 1.58. The Morgan fingerprint density at radius 1 is 1.30 bits per heavy atom. The molecule has 3 rings (SSSR count). The number of rotatable bonds is 3. The van der Waals surface area contributed by atoms with Gasteiger partial charge in [-0.1, -0.05) is 30.3 Å². The van der Waals surface area contributed by atoms with Gasteiger partial charge in [0.1, 0.15) is 6.61 Å². The Bertz CT molecular complexity index is 524. The molecular weight excluding hydrogens is 258 g/mol. The van der Waals surface area contributed by atoms with Crippen LogP contribution < -0.4 is 0 Å². The van der Waals surface area contributed by atoms with Crippen molar-refractivity contribution in [2.45, 2.75) is 19.4 Å². The van der Waals surface area contributed by atoms with E-state index in [1.165, 1.54) is 4.90 Å². The molecule has 1 spiro atoms. The summed E-state index contributed by atoms with van der Waals surface area (Å²) in [6, 6.07) is 9.46. The number of amides is 1. The van der Waals surface area contributed by atoms with Crippen molar-refractivity contribution in [1.82, 2.24) is 4.90 Å². The minimum absolute atomic E-state index is 0.183. The largest absolute Gasteiger partial charge is 0.481 e. The Morgan fingerprint density at radius 3 is 2.55 bits per heavy atom. The molecule has 2 aliphatic rings. The summed E-state index contributed by atoms with van der Waals surface area (Å²) in [6.45, 7) is 1.00. The zero-order valence-electron chi connectivity index (χ0n) is 11.1. The molecule has 0 aromatic heterocycles. The fourth-order valence-corrected chi connectivity index (χ4v) is 2.93. The molecule has 1 aliphatic carbocycles. The van der Waals surface area contributed by atoms with Crippen LogP contribution in [0.25, 0.3) is 0 Å². The number of carboxylic acids is 1. The van der Waals surface area contributed by atoms with Crippen molar-refractivity contribution in [3.05, 3.63) is 35.9 Å². The quantitative estimate of drug-likeness (QED) is 0.917. The molecule has 1 amide bonds. The lowest BCUT2D eigenvalue weighted by Gasteiger charge is -2.15. The molecule has 20 heavy (non-hydrogen) atoms. The summed E-state index contributed by atoms with van der Waals surface area (Å²) in [6.07, 6.45) is 1.38. The molecule has 0 radical (unpaired) electrons. The van der Waals surface area contributed by atoms with Gasteiger partial charge in [0.15, 0.2) is 0 Å². The Hall–Kier alpha value is -2.04. The minimum Gasteiger partial charge on any atom is -0.481 e. The van der Waals surface area contributed by atoms with Crippen LogP contribution in [0, 0.1) is 11.3 Å². The van der Waals surface area contributed by atoms with Crippen LogP contribution in [0.5, 0.6) is 0 Å². The van der Waals surface area contributed by atoms with Crippen LogP contribution in [-0.2, 0) is 16.1 Å². The number of hydrogen-bond acceptors (Lipinski definition) is 3. The predicted molar refractivity (Wildman–Crippen MR) is 71.0 cm³/mol. The number of benzene rings is 1. The molecule has 106 valence electrons. The molecular formula is C15H17NO4. The molecule has 1 aromatic carbocycles. The Labute approximate surface area is 117 Å². The van der Waals surface area contributed by atoms with Crippen LogP contribution in [0.2, 0.25) is 0 Å². The third kappa shape index (κ3) is 2.35. The number of ether oxygens (including phenoxy) is 1. The first kappa shape index (κ1) is 13.0. The molecule has 5 heteroatoms. The van der Waals surface area contributed by atoms with Crippen molar-refractivity contribution in [3.63, 3.8) is 0 Å². The van der Waals surface area contributed by atoms with Crippen LogP contribution in [0.4, 0.5) is 4.79 Å². The zero-order valence-corrected chi connectivity index (χ0v) is 11.1. The van der Waals surface area contributed by atoms with Crippen molar-refractivity contribution >= 4 is 12.1 Å². The first-order valence-corrected chi connectivity index (χ1v) is 6.79. The van der Waals surface area contributed by atoms with Crippen molar-refractivity contribution < 1.29 is 19.4 Å². The highest BCUT2D eigenvalue weighted by molar-refractivity contribution is 5.76. The van der Waals surface area contributed by atoms with Gasteiger partial charge in [-0.15, -0.1) is 0 Å². The highest BCUT2D eigenvalue weighted by Gasteiger charge is 2.59. The molecule has 0 bridgehead atoms. The predicted octanol–water partition coefficient (Wildman–Crippen LogP) is 2.12. The van der Waals surface area contributed by atoms with E-state index in [0.29, 0.717) is 6.54 Å². The fourth-order valence-electron chi connectivity index (χ4n) is 2.93. The molecule has 2 fully saturated rings. The number of hydrogen-bond donors (Lipinski definition) is 1. The molecule has 1 atom stereocenters. The van der Waals surface area contributed by atoms with E-state index >= 15 is 0 Å². The van der Waals surface area contributed by atoms with E-state index in [9.17, 15) is 14.7 Å². The summed E-state index contributed by atoms with van der Waals surface area (Å²) in [7, 11) is 0. The Morgan fingerprint density at radius 2 is 2.00 bits per heavy atom. The van der Waals surface area contributed by atoms with Gasteiger partial charge in [0, 0.05) is 18.5 Å². The molecule has 1 saturated heterocycles. The molecule has 1 aliphatic heterocycles. The van der Waals surface area contributed by atoms with Crippen molar-refractivity contribution in [3.8, 4) is 0 Å². The maximum atomic E-state index is 12.0. The summed E-state index contributed by atoms with van der Waals surface area (Å²) in [5.41, 5.74) is 0.744. The molecule has 1 aromatic rings. The minimum atomic E-state index is -0.805. The first-order valence-electron chi connectivity index (χ1n) is 6.79.